The fourth-order valence-electron chi connectivity index (χ4n) is 12.9. The maximum atomic E-state index is 17.6. The lowest BCUT2D eigenvalue weighted by molar-refractivity contribution is 0.457. The van der Waals surface area contributed by atoms with E-state index in [1.807, 2.05) is 56.7 Å². The summed E-state index contributed by atoms with van der Waals surface area (Å²) in [5, 5.41) is 3.18. The molecular formula is C68H81FN4S8Si. The van der Waals surface area contributed by atoms with E-state index >= 15 is 4.39 Å². The van der Waals surface area contributed by atoms with E-state index in [2.05, 4.69) is 114 Å². The first kappa shape index (κ1) is 60.1. The summed E-state index contributed by atoms with van der Waals surface area (Å²) in [7, 11) is -2.49. The highest BCUT2D eigenvalue weighted by molar-refractivity contribution is 7.32. The molecule has 1 aliphatic heterocycles. The van der Waals surface area contributed by atoms with E-state index in [-0.39, 0.29) is 5.82 Å². The molecule has 0 saturated carbocycles. The van der Waals surface area contributed by atoms with Crippen molar-refractivity contribution in [3.8, 4) is 71.0 Å². The van der Waals surface area contributed by atoms with Gasteiger partial charge in [-0.15, -0.1) is 68.0 Å². The lowest BCUT2D eigenvalue weighted by Gasteiger charge is -2.35. The molecule has 8 aromatic heterocycles. The van der Waals surface area contributed by atoms with Crippen LogP contribution in [0.5, 0.6) is 0 Å². The minimum atomic E-state index is -2.49. The van der Waals surface area contributed by atoms with E-state index < -0.39 is 8.07 Å². The predicted octanol–water partition coefficient (Wildman–Crippen LogP) is 24.0. The quantitative estimate of drug-likeness (QED) is 0.0311. The molecular weight excluding hydrogens is 1180 g/mol. The van der Waals surface area contributed by atoms with Gasteiger partial charge in [0.05, 0.1) is 29.0 Å². The molecule has 0 aliphatic carbocycles. The van der Waals surface area contributed by atoms with Crippen LogP contribution >= 0.6 is 91.5 Å². The van der Waals surface area contributed by atoms with Crippen LogP contribution in [0.25, 0.3) is 93.1 Å². The van der Waals surface area contributed by atoms with Crippen LogP contribution in [-0.4, -0.2) is 25.6 Å². The van der Waals surface area contributed by atoms with Gasteiger partial charge < -0.3 is 0 Å². The van der Waals surface area contributed by atoms with E-state index in [1.165, 1.54) is 230 Å². The Morgan fingerprint density at radius 2 is 0.805 bits per heavy atom. The van der Waals surface area contributed by atoms with Gasteiger partial charge in [-0.3, -0.25) is 0 Å². The average Bonchev–Trinajstić information content (AvgIpc) is 2.09. The zero-order valence-corrected chi connectivity index (χ0v) is 56.6. The fourth-order valence-corrected chi connectivity index (χ4v) is 28.9. The third-order valence-electron chi connectivity index (χ3n) is 17.6. The first-order chi connectivity index (χ1) is 40.3. The lowest BCUT2D eigenvalue weighted by Crippen LogP contribution is -2.56. The molecule has 82 heavy (non-hydrogen) atoms. The average molecular weight is 1260 g/mol. The van der Waals surface area contributed by atoms with Crippen molar-refractivity contribution in [2.45, 2.75) is 195 Å². The summed E-state index contributed by atoms with van der Waals surface area (Å²) in [5.41, 5.74) is 7.32. The lowest BCUT2D eigenvalue weighted by atomic mass is 10.00. The van der Waals surface area contributed by atoms with Gasteiger partial charge >= 0.3 is 0 Å². The van der Waals surface area contributed by atoms with Crippen LogP contribution in [0.1, 0.15) is 180 Å². The zero-order chi connectivity index (χ0) is 56.6. The number of rotatable bonds is 32. The van der Waals surface area contributed by atoms with Crippen molar-refractivity contribution >= 4 is 132 Å². The van der Waals surface area contributed by atoms with E-state index in [9.17, 15) is 0 Å². The van der Waals surface area contributed by atoms with Gasteiger partial charge in [0.25, 0.3) is 0 Å². The molecule has 2 unspecified atom stereocenters. The van der Waals surface area contributed by atoms with Crippen LogP contribution in [0, 0.1) is 17.7 Å². The number of aryl methyl sites for hydroxylation is 2. The Bertz CT molecular complexity index is 3650. The standard InChI is InChI=1S/C68H81FN4S8Si/c1-7-13-17-21-25-44(11-5)42-82(43-45(12-6)26-22-18-14-8-2)60-40-58(49-32-31-48(63-64(49)71-80-70-63)52-35-37-56(76-52)54-33-29-46(74-54)27-23-19-15-9-3)78-67(60)68-61(82)41-59(79-68)62-51(69)39-50(65-66(62)73-81-72-65)53-36-38-57(77-53)55-34-30-47(75-55)28-24-20-16-10-4/h29-41,44-45H,7-28,42-43H2,1-6H3. The minimum Gasteiger partial charge on any atom is -0.206 e. The maximum absolute atomic E-state index is 17.6. The van der Waals surface area contributed by atoms with E-state index in [4.69, 9.17) is 17.5 Å². The molecule has 0 amide bonds. The molecule has 11 rings (SSSR count). The van der Waals surface area contributed by atoms with Crippen LogP contribution in [0.3, 0.4) is 0 Å². The normalized spacial score (nSPS) is 14.9. The smallest absolute Gasteiger partial charge is 0.134 e. The molecule has 432 valence electrons. The molecule has 2 aromatic carbocycles. The van der Waals surface area contributed by atoms with Crippen LogP contribution in [-0.2, 0) is 12.8 Å². The van der Waals surface area contributed by atoms with Crippen molar-refractivity contribution in [2.75, 3.05) is 0 Å². The van der Waals surface area contributed by atoms with Crippen molar-refractivity contribution in [2.24, 2.45) is 11.8 Å². The molecule has 10 aromatic rings. The number of nitrogens with zero attached hydrogens (tertiary/aromatic N) is 4. The number of thiophene rings is 6. The fraction of sp³-hybridized carbons (Fsp3) is 0.471. The highest BCUT2D eigenvalue weighted by Crippen LogP contribution is 2.52. The van der Waals surface area contributed by atoms with E-state index in [0.29, 0.717) is 22.9 Å². The zero-order valence-electron chi connectivity index (χ0n) is 49.1. The van der Waals surface area contributed by atoms with Gasteiger partial charge in [-0.2, -0.15) is 17.5 Å². The SMILES string of the molecule is CCCCCCc1ccc(-c2ccc(-c3ccc(-c4cc5c(s4)-c4sc(-c6c(F)cc(-c7ccc(-c8ccc(CCCCCC)s8)s7)c7nsnc67)cc4[Si]5(CC(CC)CCCCCC)CC(CC)CCCCCC)c4nsnc34)s2)s1. The third kappa shape index (κ3) is 12.9. The summed E-state index contributed by atoms with van der Waals surface area (Å²) < 4.78 is 37.7. The summed E-state index contributed by atoms with van der Waals surface area (Å²) in [5.74, 6) is 1.07. The number of hydrogen-bond acceptors (Lipinski definition) is 12. The first-order valence-corrected chi connectivity index (χ1v) is 39.9. The number of aromatic nitrogens is 4. The number of fused-ring (bicyclic) bond motifs is 5. The van der Waals surface area contributed by atoms with Gasteiger partial charge in [0.2, 0.25) is 0 Å². The van der Waals surface area contributed by atoms with Crippen molar-refractivity contribution in [1.82, 2.24) is 17.5 Å². The minimum absolute atomic E-state index is 0.200. The summed E-state index contributed by atoms with van der Waals surface area (Å²) in [6.07, 6.45) is 27.8. The number of unbranched alkanes of at least 4 members (excludes halogenated alkanes) is 12. The molecule has 4 nitrogen and oxygen atoms in total. The molecule has 2 atom stereocenters. The van der Waals surface area contributed by atoms with Crippen molar-refractivity contribution < 1.29 is 4.39 Å². The Hall–Kier alpha value is -3.57. The molecule has 0 fully saturated rings. The highest BCUT2D eigenvalue weighted by atomic mass is 32.1. The molecule has 14 heteroatoms. The van der Waals surface area contributed by atoms with Crippen molar-refractivity contribution in [3.63, 3.8) is 0 Å². The third-order valence-corrected chi connectivity index (χ3v) is 31.8. The van der Waals surface area contributed by atoms with E-state index in [1.54, 1.807) is 27.8 Å². The number of hydrogen-bond donors (Lipinski definition) is 0. The largest absolute Gasteiger partial charge is 0.206 e. The highest BCUT2D eigenvalue weighted by Gasteiger charge is 2.50. The molecule has 0 N–H and O–H groups in total. The topological polar surface area (TPSA) is 51.6 Å². The van der Waals surface area contributed by atoms with Gasteiger partial charge in [-0.25, -0.2) is 4.39 Å². The monoisotopic (exact) mass is 1260 g/mol. The molecule has 0 radical (unpaired) electrons. The summed E-state index contributed by atoms with van der Waals surface area (Å²) in [6, 6.07) is 32.3. The number of halogens is 1. The first-order valence-electron chi connectivity index (χ1n) is 31.2. The van der Waals surface area contributed by atoms with Crippen molar-refractivity contribution in [1.29, 1.82) is 0 Å². The predicted molar refractivity (Wildman–Crippen MR) is 369 cm³/mol. The van der Waals surface area contributed by atoms with Crippen LogP contribution in [0.15, 0.2) is 78.9 Å². The van der Waals surface area contributed by atoms with Crippen LogP contribution in [0.4, 0.5) is 4.39 Å². The summed E-state index contributed by atoms with van der Waals surface area (Å²) in [6.45, 7) is 14.1. The van der Waals surface area contributed by atoms with Crippen LogP contribution in [0.2, 0.25) is 12.1 Å². The van der Waals surface area contributed by atoms with Gasteiger partial charge in [-0.1, -0.05) is 169 Å². The summed E-state index contributed by atoms with van der Waals surface area (Å²) in [4.78, 5) is 15.5. The summed E-state index contributed by atoms with van der Waals surface area (Å²) >= 11 is 13.8. The molecule has 1 aliphatic rings. The van der Waals surface area contributed by atoms with Gasteiger partial charge in [0, 0.05) is 75.2 Å². The van der Waals surface area contributed by atoms with Gasteiger partial charge in [0.15, 0.2) is 0 Å². The molecule has 0 spiro atoms. The molecule has 9 heterocycles. The van der Waals surface area contributed by atoms with Crippen molar-refractivity contribution in [3.05, 3.63) is 94.4 Å². The second kappa shape index (κ2) is 28.3. The second-order valence-electron chi connectivity index (χ2n) is 23.3. The Balaban J connectivity index is 0.983. The van der Waals surface area contributed by atoms with Gasteiger partial charge in [-0.05, 0) is 127 Å². The number of benzene rings is 2. The Kier molecular flexibility index (Phi) is 20.7. The second-order valence-corrected chi connectivity index (χ2v) is 35.0. The van der Waals surface area contributed by atoms with Crippen LogP contribution < -0.4 is 10.4 Å². The Morgan fingerprint density at radius 1 is 0.390 bits per heavy atom. The van der Waals surface area contributed by atoms with E-state index in [0.717, 1.165) is 38.3 Å². The Labute approximate surface area is 521 Å². The molecule has 0 bridgehead atoms. The Morgan fingerprint density at radius 3 is 1.32 bits per heavy atom. The molecule has 0 saturated heterocycles. The van der Waals surface area contributed by atoms with Gasteiger partial charge in [0.1, 0.15) is 36.0 Å². The maximum Gasteiger partial charge on any atom is 0.134 e.